The van der Waals surface area contributed by atoms with Crippen LogP contribution in [0, 0.1) is 5.92 Å². The number of nitrogens with one attached hydrogen (secondary N) is 1. The van der Waals surface area contributed by atoms with Gasteiger partial charge in [0, 0.05) is 18.7 Å². The van der Waals surface area contributed by atoms with Gasteiger partial charge in [-0.05, 0) is 31.6 Å². The van der Waals surface area contributed by atoms with Crippen LogP contribution in [0.3, 0.4) is 0 Å². The molecule has 2 aliphatic rings. The molecule has 0 radical (unpaired) electrons. The standard InChI is InChI=1S/C13H25NO2/c1-2-11(10-7-8-16-9-10)14-12-5-3-4-6-13(12)15/h10-15H,2-9H2,1H3. The Kier molecular flexibility index (Phi) is 4.62. The van der Waals surface area contributed by atoms with Gasteiger partial charge in [0.2, 0.25) is 0 Å². The molecule has 4 unspecified atom stereocenters. The van der Waals surface area contributed by atoms with Crippen LogP contribution in [0.5, 0.6) is 0 Å². The summed E-state index contributed by atoms with van der Waals surface area (Å²) in [5.41, 5.74) is 0. The molecule has 0 aromatic rings. The lowest BCUT2D eigenvalue weighted by Crippen LogP contribution is -2.49. The van der Waals surface area contributed by atoms with Crippen LogP contribution in [0.1, 0.15) is 45.4 Å². The maximum atomic E-state index is 9.96. The number of ether oxygens (including phenoxy) is 1. The lowest BCUT2D eigenvalue weighted by atomic mass is 9.89. The minimum absolute atomic E-state index is 0.134. The van der Waals surface area contributed by atoms with Crippen molar-refractivity contribution in [3.05, 3.63) is 0 Å². The van der Waals surface area contributed by atoms with Gasteiger partial charge in [0.1, 0.15) is 0 Å². The van der Waals surface area contributed by atoms with E-state index in [9.17, 15) is 5.11 Å². The van der Waals surface area contributed by atoms with E-state index in [4.69, 9.17) is 4.74 Å². The van der Waals surface area contributed by atoms with Crippen LogP contribution in [0.15, 0.2) is 0 Å². The number of aliphatic hydroxyl groups excluding tert-OH is 1. The Morgan fingerprint density at radius 2 is 2.12 bits per heavy atom. The molecular weight excluding hydrogens is 202 g/mol. The molecule has 0 aromatic carbocycles. The zero-order valence-electron chi connectivity index (χ0n) is 10.3. The van der Waals surface area contributed by atoms with Gasteiger partial charge in [-0.2, -0.15) is 0 Å². The summed E-state index contributed by atoms with van der Waals surface area (Å²) >= 11 is 0. The fourth-order valence-electron chi connectivity index (χ4n) is 3.04. The molecule has 1 saturated heterocycles. The molecule has 1 aliphatic heterocycles. The smallest absolute Gasteiger partial charge is 0.0693 e. The van der Waals surface area contributed by atoms with Gasteiger partial charge in [-0.3, -0.25) is 0 Å². The SMILES string of the molecule is CCC(NC1CCCCC1O)C1CCOC1. The van der Waals surface area contributed by atoms with E-state index in [1.165, 1.54) is 19.3 Å². The highest BCUT2D eigenvalue weighted by molar-refractivity contribution is 4.87. The van der Waals surface area contributed by atoms with Gasteiger partial charge < -0.3 is 15.2 Å². The number of rotatable bonds is 4. The second-order valence-corrected chi connectivity index (χ2v) is 5.26. The highest BCUT2D eigenvalue weighted by atomic mass is 16.5. The summed E-state index contributed by atoms with van der Waals surface area (Å²) in [4.78, 5) is 0. The van der Waals surface area contributed by atoms with Gasteiger partial charge in [0.05, 0.1) is 12.7 Å². The maximum absolute atomic E-state index is 9.96. The average molecular weight is 227 g/mol. The predicted octanol–water partition coefficient (Wildman–Crippen LogP) is 1.69. The molecule has 0 spiro atoms. The van der Waals surface area contributed by atoms with E-state index in [2.05, 4.69) is 12.2 Å². The highest BCUT2D eigenvalue weighted by Gasteiger charge is 2.29. The second kappa shape index (κ2) is 5.99. The molecule has 2 N–H and O–H groups in total. The van der Waals surface area contributed by atoms with Crippen LogP contribution in [-0.4, -0.2) is 36.5 Å². The summed E-state index contributed by atoms with van der Waals surface area (Å²) in [6.07, 6.45) is 6.71. The lowest BCUT2D eigenvalue weighted by Gasteiger charge is -2.34. The van der Waals surface area contributed by atoms with Crippen molar-refractivity contribution in [3.8, 4) is 0 Å². The van der Waals surface area contributed by atoms with Crippen LogP contribution in [0.25, 0.3) is 0 Å². The summed E-state index contributed by atoms with van der Waals surface area (Å²) in [7, 11) is 0. The molecule has 1 heterocycles. The molecule has 2 fully saturated rings. The molecule has 0 aromatic heterocycles. The molecule has 16 heavy (non-hydrogen) atoms. The summed E-state index contributed by atoms with van der Waals surface area (Å²) in [6.45, 7) is 4.04. The van der Waals surface area contributed by atoms with Crippen molar-refractivity contribution in [2.45, 2.75) is 63.6 Å². The lowest BCUT2D eigenvalue weighted by molar-refractivity contribution is 0.0773. The minimum atomic E-state index is -0.134. The molecule has 0 amide bonds. The van der Waals surface area contributed by atoms with E-state index >= 15 is 0 Å². The van der Waals surface area contributed by atoms with Crippen molar-refractivity contribution in [1.29, 1.82) is 0 Å². The molecule has 2 rings (SSSR count). The van der Waals surface area contributed by atoms with Gasteiger partial charge in [-0.25, -0.2) is 0 Å². The fraction of sp³-hybridized carbons (Fsp3) is 1.00. The molecule has 94 valence electrons. The van der Waals surface area contributed by atoms with Crippen molar-refractivity contribution in [2.75, 3.05) is 13.2 Å². The molecule has 1 saturated carbocycles. The van der Waals surface area contributed by atoms with Crippen molar-refractivity contribution >= 4 is 0 Å². The van der Waals surface area contributed by atoms with E-state index in [1.807, 2.05) is 0 Å². The van der Waals surface area contributed by atoms with Gasteiger partial charge in [0.15, 0.2) is 0 Å². The zero-order chi connectivity index (χ0) is 11.4. The summed E-state index contributed by atoms with van der Waals surface area (Å²) < 4.78 is 5.45. The van der Waals surface area contributed by atoms with Crippen molar-refractivity contribution in [2.24, 2.45) is 5.92 Å². The topological polar surface area (TPSA) is 41.5 Å². The Hall–Kier alpha value is -0.120. The number of aliphatic hydroxyl groups is 1. The third-order valence-corrected chi connectivity index (χ3v) is 4.13. The minimum Gasteiger partial charge on any atom is -0.392 e. The molecule has 0 bridgehead atoms. The van der Waals surface area contributed by atoms with Crippen molar-refractivity contribution in [3.63, 3.8) is 0 Å². The number of hydrogen-bond donors (Lipinski definition) is 2. The van der Waals surface area contributed by atoms with Gasteiger partial charge in [-0.15, -0.1) is 0 Å². The largest absolute Gasteiger partial charge is 0.392 e. The summed E-state index contributed by atoms with van der Waals surface area (Å²) in [5.74, 6) is 0.652. The van der Waals surface area contributed by atoms with Crippen LogP contribution < -0.4 is 5.32 Å². The fourth-order valence-corrected chi connectivity index (χ4v) is 3.04. The van der Waals surface area contributed by atoms with Gasteiger partial charge in [0.25, 0.3) is 0 Å². The van der Waals surface area contributed by atoms with Gasteiger partial charge in [-0.1, -0.05) is 19.8 Å². The third kappa shape index (κ3) is 2.96. The van der Waals surface area contributed by atoms with E-state index in [0.29, 0.717) is 18.0 Å². The molecule has 3 heteroatoms. The third-order valence-electron chi connectivity index (χ3n) is 4.13. The quantitative estimate of drug-likeness (QED) is 0.768. The first kappa shape index (κ1) is 12.3. The predicted molar refractivity (Wildman–Crippen MR) is 64.4 cm³/mol. The average Bonchev–Trinajstić information content (AvgIpc) is 2.81. The number of hydrogen-bond acceptors (Lipinski definition) is 3. The van der Waals surface area contributed by atoms with Crippen molar-refractivity contribution in [1.82, 2.24) is 5.32 Å². The Bertz CT molecular complexity index is 204. The zero-order valence-corrected chi connectivity index (χ0v) is 10.3. The Morgan fingerprint density at radius 1 is 1.31 bits per heavy atom. The van der Waals surface area contributed by atoms with E-state index in [1.54, 1.807) is 0 Å². The van der Waals surface area contributed by atoms with Crippen LogP contribution >= 0.6 is 0 Å². The van der Waals surface area contributed by atoms with E-state index < -0.39 is 0 Å². The van der Waals surface area contributed by atoms with Crippen LogP contribution in [0.4, 0.5) is 0 Å². The highest BCUT2D eigenvalue weighted by Crippen LogP contribution is 2.23. The van der Waals surface area contributed by atoms with E-state index in [0.717, 1.165) is 32.5 Å². The van der Waals surface area contributed by atoms with Gasteiger partial charge >= 0.3 is 0 Å². The molecule has 3 nitrogen and oxygen atoms in total. The first-order valence-corrected chi connectivity index (χ1v) is 6.83. The van der Waals surface area contributed by atoms with Crippen LogP contribution in [0.2, 0.25) is 0 Å². The molecule has 4 atom stereocenters. The van der Waals surface area contributed by atoms with Crippen LogP contribution in [-0.2, 0) is 4.74 Å². The van der Waals surface area contributed by atoms with Crippen molar-refractivity contribution < 1.29 is 9.84 Å². The second-order valence-electron chi connectivity index (χ2n) is 5.26. The molecular formula is C13H25NO2. The Balaban J connectivity index is 1.84. The Morgan fingerprint density at radius 3 is 2.75 bits per heavy atom. The summed E-state index contributed by atoms with van der Waals surface area (Å²) in [5, 5.41) is 13.6. The Labute approximate surface area is 98.6 Å². The monoisotopic (exact) mass is 227 g/mol. The first-order chi connectivity index (χ1) is 7.81. The first-order valence-electron chi connectivity index (χ1n) is 6.83. The normalized spacial score (nSPS) is 37.5. The molecule has 1 aliphatic carbocycles. The summed E-state index contributed by atoms with van der Waals surface area (Å²) in [6, 6.07) is 0.847. The van der Waals surface area contributed by atoms with E-state index in [-0.39, 0.29) is 6.10 Å². The maximum Gasteiger partial charge on any atom is 0.0693 e.